The third-order valence-electron chi connectivity index (χ3n) is 4.68. The number of aromatic hydroxyl groups is 2. The van der Waals surface area contributed by atoms with Crippen LogP contribution in [0.25, 0.3) is 21.8 Å². The third kappa shape index (κ3) is 5.08. The summed E-state index contributed by atoms with van der Waals surface area (Å²) < 4.78 is 0. The molecule has 0 radical (unpaired) electrons. The molecule has 0 spiro atoms. The average molecular weight is 394 g/mol. The fraction of sp³-hybridized carbons (Fsp3) is 0.227. The molecule has 4 rings (SSSR count). The summed E-state index contributed by atoms with van der Waals surface area (Å²) in [6, 6.07) is 10.5. The third-order valence-corrected chi connectivity index (χ3v) is 4.68. The van der Waals surface area contributed by atoms with Gasteiger partial charge in [-0.1, -0.05) is 0 Å². The number of nitrogens with two attached hydrogens (primary N) is 1. The van der Waals surface area contributed by atoms with Gasteiger partial charge in [0, 0.05) is 47.7 Å². The number of aromatic nitrogens is 2. The predicted molar refractivity (Wildman–Crippen MR) is 115 cm³/mol. The number of carbonyl (C=O) groups is 1. The molecule has 7 nitrogen and oxygen atoms in total. The zero-order chi connectivity index (χ0) is 20.8. The number of carbonyl (C=O) groups excluding carboxylic acids is 1. The lowest BCUT2D eigenvalue weighted by molar-refractivity contribution is -0.118. The number of fused-ring (bicyclic) bond motifs is 2. The Bertz CT molecular complexity index is 1110. The molecule has 0 atom stereocenters. The molecule has 2 heterocycles. The van der Waals surface area contributed by atoms with Crippen molar-refractivity contribution in [3.8, 4) is 11.5 Å². The Kier molecular flexibility index (Phi) is 6.41. The number of hydrogen-bond donors (Lipinski definition) is 6. The summed E-state index contributed by atoms with van der Waals surface area (Å²) in [6.45, 7) is 2.74. The SMILES string of the molecule is CC(=O)NCCc1c[nH]c2ccc(O)cc12.NCCc1c[nH]c2ccc(O)cc12. The first-order valence-electron chi connectivity index (χ1n) is 9.50. The van der Waals surface area contributed by atoms with Crippen LogP contribution in [-0.4, -0.2) is 39.2 Å². The summed E-state index contributed by atoms with van der Waals surface area (Å²) in [6.07, 6.45) is 5.44. The summed E-state index contributed by atoms with van der Waals surface area (Å²) in [5.74, 6) is 0.529. The van der Waals surface area contributed by atoms with Crippen molar-refractivity contribution in [2.45, 2.75) is 19.8 Å². The summed E-state index contributed by atoms with van der Waals surface area (Å²) in [4.78, 5) is 17.0. The van der Waals surface area contributed by atoms with E-state index in [-0.39, 0.29) is 11.7 Å². The Balaban J connectivity index is 0.000000169. The van der Waals surface area contributed by atoms with Crippen molar-refractivity contribution in [3.05, 3.63) is 59.9 Å². The minimum Gasteiger partial charge on any atom is -0.508 e. The number of benzene rings is 2. The van der Waals surface area contributed by atoms with E-state index in [0.29, 0.717) is 18.8 Å². The summed E-state index contributed by atoms with van der Waals surface area (Å²) in [5.41, 5.74) is 9.77. The first-order chi connectivity index (χ1) is 14.0. The van der Waals surface area contributed by atoms with Gasteiger partial charge in [0.2, 0.25) is 5.91 Å². The van der Waals surface area contributed by atoms with Crippen LogP contribution in [0.3, 0.4) is 0 Å². The smallest absolute Gasteiger partial charge is 0.216 e. The molecular weight excluding hydrogens is 368 g/mol. The molecule has 0 aliphatic rings. The number of phenols is 2. The number of nitrogens with one attached hydrogen (secondary N) is 3. The highest BCUT2D eigenvalue weighted by Crippen LogP contribution is 2.23. The van der Waals surface area contributed by atoms with Gasteiger partial charge < -0.3 is 31.2 Å². The van der Waals surface area contributed by atoms with Crippen molar-refractivity contribution in [3.63, 3.8) is 0 Å². The molecule has 152 valence electrons. The van der Waals surface area contributed by atoms with Crippen LogP contribution in [0.15, 0.2) is 48.8 Å². The minimum atomic E-state index is -0.0253. The van der Waals surface area contributed by atoms with Gasteiger partial charge in [0.15, 0.2) is 0 Å². The van der Waals surface area contributed by atoms with Crippen molar-refractivity contribution >= 4 is 27.7 Å². The van der Waals surface area contributed by atoms with Crippen LogP contribution in [0.1, 0.15) is 18.1 Å². The van der Waals surface area contributed by atoms with Crippen molar-refractivity contribution in [2.75, 3.05) is 13.1 Å². The van der Waals surface area contributed by atoms with Gasteiger partial charge in [-0.3, -0.25) is 4.79 Å². The Hall–Kier alpha value is -3.45. The van der Waals surface area contributed by atoms with Gasteiger partial charge in [-0.2, -0.15) is 0 Å². The van der Waals surface area contributed by atoms with E-state index in [9.17, 15) is 15.0 Å². The number of H-pyrrole nitrogens is 2. The van der Waals surface area contributed by atoms with Crippen molar-refractivity contribution in [1.82, 2.24) is 15.3 Å². The molecule has 7 N–H and O–H groups in total. The average Bonchev–Trinajstić information content (AvgIpc) is 3.26. The van der Waals surface area contributed by atoms with Gasteiger partial charge in [0.05, 0.1) is 0 Å². The van der Waals surface area contributed by atoms with E-state index in [1.54, 1.807) is 24.3 Å². The van der Waals surface area contributed by atoms with Gasteiger partial charge in [-0.05, 0) is 66.9 Å². The maximum Gasteiger partial charge on any atom is 0.216 e. The Labute approximate surface area is 168 Å². The molecule has 1 amide bonds. The molecule has 7 heteroatoms. The molecule has 0 aliphatic heterocycles. The second-order valence-electron chi connectivity index (χ2n) is 6.86. The molecule has 29 heavy (non-hydrogen) atoms. The lowest BCUT2D eigenvalue weighted by atomic mass is 10.1. The van der Waals surface area contributed by atoms with Crippen molar-refractivity contribution in [1.29, 1.82) is 0 Å². The van der Waals surface area contributed by atoms with Crippen LogP contribution in [0.4, 0.5) is 0 Å². The number of hydrogen-bond acceptors (Lipinski definition) is 4. The molecule has 0 aliphatic carbocycles. The van der Waals surface area contributed by atoms with Crippen LogP contribution in [-0.2, 0) is 17.6 Å². The molecule has 0 saturated heterocycles. The molecule has 2 aromatic heterocycles. The van der Waals surface area contributed by atoms with E-state index in [4.69, 9.17) is 5.73 Å². The van der Waals surface area contributed by atoms with Gasteiger partial charge in [0.1, 0.15) is 11.5 Å². The molecule has 0 fully saturated rings. The second-order valence-corrected chi connectivity index (χ2v) is 6.86. The predicted octanol–water partition coefficient (Wildman–Crippen LogP) is 2.93. The van der Waals surface area contributed by atoms with E-state index in [1.165, 1.54) is 6.92 Å². The number of aromatic amines is 2. The van der Waals surface area contributed by atoms with Gasteiger partial charge in [0.25, 0.3) is 0 Å². The Morgan fingerprint density at radius 3 is 1.93 bits per heavy atom. The Morgan fingerprint density at radius 2 is 1.45 bits per heavy atom. The highest BCUT2D eigenvalue weighted by molar-refractivity contribution is 5.85. The zero-order valence-corrected chi connectivity index (χ0v) is 16.3. The number of amides is 1. The molecule has 2 aromatic carbocycles. The lowest BCUT2D eigenvalue weighted by Gasteiger charge is -2.01. The van der Waals surface area contributed by atoms with Crippen LogP contribution in [0.5, 0.6) is 11.5 Å². The summed E-state index contributed by atoms with van der Waals surface area (Å²) >= 11 is 0. The van der Waals surface area contributed by atoms with Crippen molar-refractivity contribution in [2.24, 2.45) is 5.73 Å². The normalized spacial score (nSPS) is 10.7. The highest BCUT2D eigenvalue weighted by atomic mass is 16.3. The second kappa shape index (κ2) is 9.16. The van der Waals surface area contributed by atoms with E-state index in [1.807, 2.05) is 24.5 Å². The number of phenolic OH excluding ortho intramolecular Hbond substituents is 2. The highest BCUT2D eigenvalue weighted by Gasteiger charge is 2.04. The van der Waals surface area contributed by atoms with E-state index < -0.39 is 0 Å². The fourth-order valence-electron chi connectivity index (χ4n) is 3.28. The monoisotopic (exact) mass is 394 g/mol. The first kappa shape index (κ1) is 20.3. The Morgan fingerprint density at radius 1 is 0.931 bits per heavy atom. The summed E-state index contributed by atoms with van der Waals surface area (Å²) in [5, 5.41) is 23.5. The minimum absolute atomic E-state index is 0.0253. The first-order valence-corrected chi connectivity index (χ1v) is 9.50. The standard InChI is InChI=1S/C12H14N2O2.C10H12N2O/c1-8(15)13-5-4-9-7-14-12-3-2-10(16)6-11(9)12;11-4-3-7-6-12-10-2-1-8(13)5-9(7)10/h2-3,6-7,14,16H,4-5H2,1H3,(H,13,15);1-2,5-6,12-13H,3-4,11H2. The largest absolute Gasteiger partial charge is 0.508 e. The van der Waals surface area contributed by atoms with E-state index in [2.05, 4.69) is 15.3 Å². The van der Waals surface area contributed by atoms with Gasteiger partial charge >= 0.3 is 0 Å². The molecule has 0 unspecified atom stereocenters. The van der Waals surface area contributed by atoms with Gasteiger partial charge in [-0.25, -0.2) is 0 Å². The fourth-order valence-corrected chi connectivity index (χ4v) is 3.28. The topological polar surface area (TPSA) is 127 Å². The maximum absolute atomic E-state index is 10.7. The summed E-state index contributed by atoms with van der Waals surface area (Å²) in [7, 11) is 0. The van der Waals surface area contributed by atoms with Crippen LogP contribution in [0.2, 0.25) is 0 Å². The molecule has 4 aromatic rings. The van der Waals surface area contributed by atoms with E-state index >= 15 is 0 Å². The quantitative estimate of drug-likeness (QED) is 0.311. The maximum atomic E-state index is 10.7. The zero-order valence-electron chi connectivity index (χ0n) is 16.3. The number of rotatable bonds is 5. The van der Waals surface area contributed by atoms with Crippen molar-refractivity contribution < 1.29 is 15.0 Å². The lowest BCUT2D eigenvalue weighted by Crippen LogP contribution is -2.22. The van der Waals surface area contributed by atoms with Crippen LogP contribution >= 0.6 is 0 Å². The van der Waals surface area contributed by atoms with Crippen LogP contribution in [0, 0.1) is 0 Å². The molecular formula is C22H26N4O3. The van der Waals surface area contributed by atoms with E-state index in [0.717, 1.165) is 45.8 Å². The van der Waals surface area contributed by atoms with Crippen LogP contribution < -0.4 is 11.1 Å². The molecule has 0 saturated carbocycles. The molecule has 0 bridgehead atoms. The van der Waals surface area contributed by atoms with Gasteiger partial charge in [-0.15, -0.1) is 0 Å².